The van der Waals surface area contributed by atoms with Crippen LogP contribution < -0.4 is 10.9 Å². The second kappa shape index (κ2) is 8.19. The molecular weight excluding hydrogens is 417 g/mol. The van der Waals surface area contributed by atoms with E-state index in [1.165, 1.54) is 4.57 Å². The summed E-state index contributed by atoms with van der Waals surface area (Å²) < 4.78 is 68.2. The number of para-hydroxylation sites is 1. The smallest absolute Gasteiger partial charge is 0.262 e. The van der Waals surface area contributed by atoms with Gasteiger partial charge in [-0.2, -0.15) is 0 Å². The SMILES string of the molecule is CCn1c(SCC(=O)Nc2c(F)c(F)c(F)c(F)c2F)nc2ccccc2c1=O. The van der Waals surface area contributed by atoms with Gasteiger partial charge in [0.2, 0.25) is 11.7 Å². The fourth-order valence-corrected chi connectivity index (χ4v) is 3.42. The van der Waals surface area contributed by atoms with E-state index in [9.17, 15) is 31.5 Å². The van der Waals surface area contributed by atoms with Crippen LogP contribution in [0.2, 0.25) is 0 Å². The van der Waals surface area contributed by atoms with E-state index in [-0.39, 0.29) is 17.3 Å². The molecule has 1 heterocycles. The van der Waals surface area contributed by atoms with Gasteiger partial charge >= 0.3 is 0 Å². The van der Waals surface area contributed by atoms with Crippen LogP contribution in [0.4, 0.5) is 27.6 Å². The molecule has 2 aromatic carbocycles. The van der Waals surface area contributed by atoms with Crippen LogP contribution in [0.3, 0.4) is 0 Å². The Kier molecular flexibility index (Phi) is 5.87. The number of hydrogen-bond acceptors (Lipinski definition) is 4. The number of anilines is 1. The molecule has 0 unspecified atom stereocenters. The minimum Gasteiger partial charge on any atom is -0.320 e. The Morgan fingerprint density at radius 2 is 1.62 bits per heavy atom. The molecule has 0 atom stereocenters. The Balaban J connectivity index is 1.85. The second-order valence-corrected chi connectivity index (χ2v) is 6.69. The first-order chi connectivity index (χ1) is 13.8. The highest BCUT2D eigenvalue weighted by molar-refractivity contribution is 7.99. The third-order valence-electron chi connectivity index (χ3n) is 3.95. The molecule has 5 nitrogen and oxygen atoms in total. The maximum absolute atomic E-state index is 13.7. The van der Waals surface area contributed by atoms with E-state index in [0.717, 1.165) is 11.8 Å². The van der Waals surface area contributed by atoms with Gasteiger partial charge < -0.3 is 5.32 Å². The van der Waals surface area contributed by atoms with Gasteiger partial charge in [-0.05, 0) is 19.1 Å². The van der Waals surface area contributed by atoms with E-state index in [4.69, 9.17) is 0 Å². The molecule has 3 aromatic rings. The molecule has 0 aliphatic carbocycles. The normalized spacial score (nSPS) is 11.1. The summed E-state index contributed by atoms with van der Waals surface area (Å²) in [5, 5.41) is 2.22. The van der Waals surface area contributed by atoms with Crippen LogP contribution in [0.25, 0.3) is 10.9 Å². The van der Waals surface area contributed by atoms with Crippen LogP contribution in [-0.2, 0) is 11.3 Å². The van der Waals surface area contributed by atoms with Crippen LogP contribution in [0.5, 0.6) is 0 Å². The predicted molar refractivity (Wildman–Crippen MR) is 97.3 cm³/mol. The average Bonchev–Trinajstić information content (AvgIpc) is 2.72. The van der Waals surface area contributed by atoms with E-state index in [2.05, 4.69) is 4.98 Å². The van der Waals surface area contributed by atoms with Crippen LogP contribution >= 0.6 is 11.8 Å². The summed E-state index contributed by atoms with van der Waals surface area (Å²) in [6, 6.07) is 6.56. The van der Waals surface area contributed by atoms with Crippen molar-refractivity contribution in [1.82, 2.24) is 9.55 Å². The largest absolute Gasteiger partial charge is 0.320 e. The quantitative estimate of drug-likeness (QED) is 0.220. The van der Waals surface area contributed by atoms with Crippen LogP contribution in [0, 0.1) is 29.1 Å². The molecule has 1 amide bonds. The lowest BCUT2D eigenvalue weighted by molar-refractivity contribution is -0.113. The van der Waals surface area contributed by atoms with E-state index >= 15 is 0 Å². The highest BCUT2D eigenvalue weighted by Crippen LogP contribution is 2.27. The number of nitrogens with zero attached hydrogens (tertiary/aromatic N) is 2. The number of thioether (sulfide) groups is 1. The number of aromatic nitrogens is 2. The van der Waals surface area contributed by atoms with Crippen LogP contribution in [-0.4, -0.2) is 21.2 Å². The summed E-state index contributed by atoms with van der Waals surface area (Å²) in [7, 11) is 0. The van der Waals surface area contributed by atoms with Crippen molar-refractivity contribution in [2.75, 3.05) is 11.1 Å². The average molecular weight is 429 g/mol. The first kappa shape index (κ1) is 20.8. The molecule has 0 radical (unpaired) electrons. The van der Waals surface area contributed by atoms with Gasteiger partial charge in [-0.25, -0.2) is 26.9 Å². The second-order valence-electron chi connectivity index (χ2n) is 5.74. The first-order valence-corrected chi connectivity index (χ1v) is 9.18. The first-order valence-electron chi connectivity index (χ1n) is 8.19. The van der Waals surface area contributed by atoms with Crippen molar-refractivity contribution in [3.63, 3.8) is 0 Å². The molecule has 0 aliphatic rings. The third kappa shape index (κ3) is 3.82. The van der Waals surface area contributed by atoms with Crippen molar-refractivity contribution in [3.8, 4) is 0 Å². The summed E-state index contributed by atoms with van der Waals surface area (Å²) >= 11 is 0.785. The number of fused-ring (bicyclic) bond motifs is 1. The standard InChI is InChI=1S/C18H12F5N3O2S/c1-2-26-17(28)8-5-3-4-6-9(8)24-18(26)29-7-10(27)25-16-14(22)12(20)11(19)13(21)15(16)23/h3-6H,2,7H2,1H3,(H,25,27). The Morgan fingerprint density at radius 1 is 1.03 bits per heavy atom. The Morgan fingerprint density at radius 3 is 2.24 bits per heavy atom. The van der Waals surface area contributed by atoms with Gasteiger partial charge in [0.25, 0.3) is 5.56 Å². The highest BCUT2D eigenvalue weighted by Gasteiger charge is 2.27. The zero-order valence-electron chi connectivity index (χ0n) is 14.7. The number of nitrogens with one attached hydrogen (secondary N) is 1. The highest BCUT2D eigenvalue weighted by atomic mass is 32.2. The minimum absolute atomic E-state index is 0.170. The molecular formula is C18H12F5N3O2S. The van der Waals surface area contributed by atoms with Gasteiger partial charge in [0, 0.05) is 6.54 Å². The molecule has 3 rings (SSSR count). The molecule has 11 heteroatoms. The Hall–Kier alpha value is -2.95. The molecule has 0 fully saturated rings. The zero-order chi connectivity index (χ0) is 21.3. The number of benzene rings is 2. The number of carbonyl (C=O) groups is 1. The maximum Gasteiger partial charge on any atom is 0.262 e. The van der Waals surface area contributed by atoms with Crippen molar-refractivity contribution in [3.05, 3.63) is 63.7 Å². The molecule has 0 aliphatic heterocycles. The van der Waals surface area contributed by atoms with E-state index in [0.29, 0.717) is 10.9 Å². The molecule has 1 aromatic heterocycles. The maximum atomic E-state index is 13.7. The molecule has 0 saturated carbocycles. The van der Waals surface area contributed by atoms with Crippen molar-refractivity contribution in [2.24, 2.45) is 0 Å². The van der Waals surface area contributed by atoms with Crippen molar-refractivity contribution >= 4 is 34.3 Å². The number of amides is 1. The minimum atomic E-state index is -2.32. The van der Waals surface area contributed by atoms with Crippen LogP contribution in [0.15, 0.2) is 34.2 Å². The summed E-state index contributed by atoms with van der Waals surface area (Å²) in [5.41, 5.74) is -1.38. The van der Waals surface area contributed by atoms with Gasteiger partial charge in [0.15, 0.2) is 28.4 Å². The third-order valence-corrected chi connectivity index (χ3v) is 4.93. The van der Waals surface area contributed by atoms with Crippen molar-refractivity contribution in [1.29, 1.82) is 0 Å². The molecule has 0 bridgehead atoms. The lowest BCUT2D eigenvalue weighted by Gasteiger charge is -2.12. The predicted octanol–water partition coefficient (Wildman–Crippen LogP) is 3.84. The fourth-order valence-electron chi connectivity index (χ4n) is 2.56. The zero-order valence-corrected chi connectivity index (χ0v) is 15.5. The van der Waals surface area contributed by atoms with Gasteiger partial charge in [0.05, 0.1) is 16.7 Å². The number of halogens is 5. The van der Waals surface area contributed by atoms with Gasteiger partial charge in [0.1, 0.15) is 5.69 Å². The van der Waals surface area contributed by atoms with Crippen molar-refractivity contribution in [2.45, 2.75) is 18.6 Å². The molecule has 1 N–H and O–H groups in total. The summed E-state index contributed by atoms with van der Waals surface area (Å²) in [6.07, 6.45) is 0. The summed E-state index contributed by atoms with van der Waals surface area (Å²) in [5.74, 6) is -12.5. The Bertz CT molecular complexity index is 1150. The van der Waals surface area contributed by atoms with Gasteiger partial charge in [-0.3, -0.25) is 14.2 Å². The van der Waals surface area contributed by atoms with Crippen LogP contribution in [0.1, 0.15) is 6.92 Å². The van der Waals surface area contributed by atoms with Gasteiger partial charge in [-0.15, -0.1) is 0 Å². The molecule has 29 heavy (non-hydrogen) atoms. The summed E-state index contributed by atoms with van der Waals surface area (Å²) in [4.78, 5) is 28.8. The summed E-state index contributed by atoms with van der Waals surface area (Å²) in [6.45, 7) is 1.94. The van der Waals surface area contributed by atoms with Gasteiger partial charge in [-0.1, -0.05) is 23.9 Å². The van der Waals surface area contributed by atoms with Crippen molar-refractivity contribution < 1.29 is 26.7 Å². The monoisotopic (exact) mass is 429 g/mol. The molecule has 152 valence electrons. The fraction of sp³-hybridized carbons (Fsp3) is 0.167. The number of hydrogen-bond donors (Lipinski definition) is 1. The topological polar surface area (TPSA) is 64.0 Å². The van der Waals surface area contributed by atoms with E-state index in [1.807, 2.05) is 0 Å². The number of rotatable bonds is 5. The Labute approximate surface area is 164 Å². The molecule has 0 spiro atoms. The van der Waals surface area contributed by atoms with E-state index in [1.54, 1.807) is 36.5 Å². The number of carbonyl (C=O) groups excluding carboxylic acids is 1. The lowest BCUT2D eigenvalue weighted by Crippen LogP contribution is -2.24. The lowest BCUT2D eigenvalue weighted by atomic mass is 10.2. The van der Waals surface area contributed by atoms with E-state index < -0.39 is 46.4 Å². The molecule has 0 saturated heterocycles.